The number of hydrogen-bond donors (Lipinski definition) is 2. The van der Waals surface area contributed by atoms with Crippen LogP contribution in [0.4, 0.5) is 25.0 Å². The first kappa shape index (κ1) is 25.4. The molecule has 0 unspecified atom stereocenters. The summed E-state index contributed by atoms with van der Waals surface area (Å²) in [6.45, 7) is 0.944. The van der Waals surface area contributed by atoms with Gasteiger partial charge >= 0.3 is 6.36 Å². The van der Waals surface area contributed by atoms with Crippen molar-refractivity contribution < 1.29 is 22.3 Å². The quantitative estimate of drug-likeness (QED) is 0.434. The molecule has 1 aliphatic heterocycles. The number of aromatic nitrogens is 3. The zero-order chi connectivity index (χ0) is 27.0. The van der Waals surface area contributed by atoms with Crippen LogP contribution in [0.1, 0.15) is 44.2 Å². The first-order valence-electron chi connectivity index (χ1n) is 13.2. The third kappa shape index (κ3) is 5.63. The Bertz CT molecular complexity index is 1340. The van der Waals surface area contributed by atoms with E-state index < -0.39 is 6.36 Å². The first-order chi connectivity index (χ1) is 18.8. The van der Waals surface area contributed by atoms with Gasteiger partial charge in [0, 0.05) is 42.3 Å². The molecule has 12 heteroatoms. The predicted octanol–water partition coefficient (Wildman–Crippen LogP) is 4.88. The Hall–Kier alpha value is -3.85. The lowest BCUT2D eigenvalue weighted by molar-refractivity contribution is -0.274. The van der Waals surface area contributed by atoms with Crippen LogP contribution >= 0.6 is 0 Å². The van der Waals surface area contributed by atoms with Crippen molar-refractivity contribution in [1.82, 2.24) is 20.3 Å². The molecular weight excluding hydrogens is 511 g/mol. The number of nitriles is 1. The van der Waals surface area contributed by atoms with E-state index in [9.17, 15) is 18.4 Å². The number of alkyl halides is 3. The van der Waals surface area contributed by atoms with Gasteiger partial charge in [-0.25, -0.2) is 15.0 Å². The molecule has 2 N–H and O–H groups in total. The third-order valence-electron chi connectivity index (χ3n) is 7.92. The summed E-state index contributed by atoms with van der Waals surface area (Å²) in [6.07, 6.45) is 4.75. The summed E-state index contributed by atoms with van der Waals surface area (Å²) < 4.78 is 47.2. The van der Waals surface area contributed by atoms with Crippen LogP contribution in [-0.2, 0) is 0 Å². The van der Waals surface area contributed by atoms with Crippen molar-refractivity contribution in [3.63, 3.8) is 0 Å². The average molecular weight is 540 g/mol. The number of halogens is 3. The molecule has 2 aliphatic carbocycles. The normalized spacial score (nSPS) is 26.4. The smallest absolute Gasteiger partial charge is 0.424 e. The first-order valence-corrected chi connectivity index (χ1v) is 13.2. The zero-order valence-electron chi connectivity index (χ0n) is 21.1. The number of ether oxygens (including phenoxy) is 1. The van der Waals surface area contributed by atoms with Crippen LogP contribution in [0, 0.1) is 17.2 Å². The molecule has 6 rings (SSSR count). The molecule has 0 amide bonds. The van der Waals surface area contributed by atoms with Crippen molar-refractivity contribution in [2.24, 2.45) is 5.92 Å². The fourth-order valence-electron chi connectivity index (χ4n) is 6.26. The maximum absolute atomic E-state index is 12.4. The number of nitrogens with zero attached hydrogens (tertiary/aromatic N) is 5. The van der Waals surface area contributed by atoms with Gasteiger partial charge in [-0.05, 0) is 55.9 Å². The van der Waals surface area contributed by atoms with Crippen LogP contribution in [0.25, 0.3) is 11.3 Å². The monoisotopic (exact) mass is 539 g/mol. The fourth-order valence-corrected chi connectivity index (χ4v) is 6.26. The van der Waals surface area contributed by atoms with E-state index in [1.54, 1.807) is 12.3 Å². The molecule has 3 aliphatic rings. The second-order valence-electron chi connectivity index (χ2n) is 10.4. The molecule has 39 heavy (non-hydrogen) atoms. The molecule has 2 saturated carbocycles. The van der Waals surface area contributed by atoms with E-state index in [0.717, 1.165) is 50.9 Å². The molecule has 1 saturated heterocycles. The summed E-state index contributed by atoms with van der Waals surface area (Å²) >= 11 is 0. The lowest BCUT2D eigenvalue weighted by atomic mass is 9.89. The van der Waals surface area contributed by atoms with Gasteiger partial charge in [0.1, 0.15) is 29.7 Å². The molecular formula is C27H28F3N7O2. The molecule has 5 atom stereocenters. The minimum atomic E-state index is -4.73. The SMILES string of the molecule is N#Cc1cc(N2C[C@@H]3C[C@H](N[C@@H]4CCCC[C@H]4Nc4ncc(-c5ccc(OC(F)(F)F)cc5)o4)[C@H]2C3)ncn1. The molecule has 1 aromatic carbocycles. The van der Waals surface area contributed by atoms with Crippen LogP contribution < -0.4 is 20.3 Å². The highest BCUT2D eigenvalue weighted by atomic mass is 19.4. The van der Waals surface area contributed by atoms with Crippen LogP contribution in [-0.4, -0.2) is 52.0 Å². The van der Waals surface area contributed by atoms with Gasteiger partial charge in [-0.15, -0.1) is 13.2 Å². The van der Waals surface area contributed by atoms with Gasteiger partial charge in [-0.1, -0.05) is 12.8 Å². The van der Waals surface area contributed by atoms with E-state index in [0.29, 0.717) is 41.0 Å². The van der Waals surface area contributed by atoms with Gasteiger partial charge in [0.15, 0.2) is 5.76 Å². The Morgan fingerprint density at radius 1 is 1.03 bits per heavy atom. The Labute approximate surface area is 223 Å². The predicted molar refractivity (Wildman–Crippen MR) is 136 cm³/mol. The number of hydrogen-bond acceptors (Lipinski definition) is 9. The summed E-state index contributed by atoms with van der Waals surface area (Å²) in [7, 11) is 0. The van der Waals surface area contributed by atoms with Crippen molar-refractivity contribution in [3.8, 4) is 23.1 Å². The summed E-state index contributed by atoms with van der Waals surface area (Å²) in [5.74, 6) is 1.57. The summed E-state index contributed by atoms with van der Waals surface area (Å²) in [5, 5.41) is 16.6. The Morgan fingerprint density at radius 3 is 2.56 bits per heavy atom. The largest absolute Gasteiger partial charge is 0.573 e. The summed E-state index contributed by atoms with van der Waals surface area (Å²) in [6, 6.07) is 10.8. The maximum atomic E-state index is 12.4. The number of rotatable bonds is 7. The standard InChI is InChI=1S/C27H28F3N7O2/c28-27(29,30)39-19-7-5-17(6-8-19)24-13-32-26(38-24)36-21-4-2-1-3-20(21)35-22-9-16-10-23(22)37(14-16)25-11-18(12-31)33-15-34-25/h5-8,11,13,15-16,20-23,35H,1-4,9-10,14H2,(H,32,36)/t16-,20-,21-,22+,23-/m1/s1. The Kier molecular flexibility index (Phi) is 6.76. The number of oxazole rings is 1. The molecule has 3 fully saturated rings. The van der Waals surface area contributed by atoms with Gasteiger partial charge < -0.3 is 24.7 Å². The summed E-state index contributed by atoms with van der Waals surface area (Å²) in [5.41, 5.74) is 0.981. The fraction of sp³-hybridized carbons (Fsp3) is 0.481. The van der Waals surface area contributed by atoms with Crippen LogP contribution in [0.3, 0.4) is 0 Å². The molecule has 3 aromatic rings. The van der Waals surface area contributed by atoms with Crippen molar-refractivity contribution in [3.05, 3.63) is 48.5 Å². The van der Waals surface area contributed by atoms with E-state index in [-0.39, 0.29) is 17.8 Å². The van der Waals surface area contributed by atoms with Crippen LogP contribution in [0.2, 0.25) is 0 Å². The zero-order valence-corrected chi connectivity index (χ0v) is 21.1. The van der Waals surface area contributed by atoms with Gasteiger partial charge in [-0.2, -0.15) is 5.26 Å². The number of benzene rings is 1. The molecule has 2 aromatic heterocycles. The van der Waals surface area contributed by atoms with E-state index >= 15 is 0 Å². The average Bonchev–Trinajstić information content (AvgIpc) is 3.66. The number of fused-ring (bicyclic) bond motifs is 2. The highest BCUT2D eigenvalue weighted by Crippen LogP contribution is 2.41. The van der Waals surface area contributed by atoms with Crippen molar-refractivity contribution in [1.29, 1.82) is 5.26 Å². The van der Waals surface area contributed by atoms with Gasteiger partial charge in [-0.3, -0.25) is 0 Å². The van der Waals surface area contributed by atoms with Gasteiger partial charge in [0.2, 0.25) is 0 Å². The Morgan fingerprint density at radius 2 is 1.82 bits per heavy atom. The highest BCUT2D eigenvalue weighted by Gasteiger charge is 2.46. The molecule has 0 spiro atoms. The molecule has 9 nitrogen and oxygen atoms in total. The van der Waals surface area contributed by atoms with Crippen LogP contribution in [0.15, 0.2) is 47.3 Å². The van der Waals surface area contributed by atoms with E-state index in [1.807, 2.05) is 0 Å². The number of anilines is 2. The third-order valence-corrected chi connectivity index (χ3v) is 7.92. The molecule has 0 radical (unpaired) electrons. The highest BCUT2D eigenvalue weighted by molar-refractivity contribution is 5.58. The Balaban J connectivity index is 1.10. The van der Waals surface area contributed by atoms with Crippen molar-refractivity contribution in [2.45, 2.75) is 69.1 Å². The van der Waals surface area contributed by atoms with Gasteiger partial charge in [0.05, 0.1) is 6.20 Å². The topological polar surface area (TPSA) is 112 Å². The second kappa shape index (κ2) is 10.4. The van der Waals surface area contributed by atoms with E-state index in [1.165, 1.54) is 30.6 Å². The van der Waals surface area contributed by atoms with Gasteiger partial charge in [0.25, 0.3) is 6.01 Å². The lowest BCUT2D eigenvalue weighted by Crippen LogP contribution is -2.56. The van der Waals surface area contributed by atoms with Crippen LogP contribution in [0.5, 0.6) is 5.75 Å². The van der Waals surface area contributed by atoms with E-state index in [2.05, 4.69) is 41.3 Å². The summed E-state index contributed by atoms with van der Waals surface area (Å²) in [4.78, 5) is 15.1. The molecule has 204 valence electrons. The van der Waals surface area contributed by atoms with Crippen molar-refractivity contribution >= 4 is 11.8 Å². The number of nitrogens with one attached hydrogen (secondary N) is 2. The second-order valence-corrected chi connectivity index (χ2v) is 10.4. The van der Waals surface area contributed by atoms with Crippen molar-refractivity contribution in [2.75, 3.05) is 16.8 Å². The number of piperidine rings is 1. The maximum Gasteiger partial charge on any atom is 0.573 e. The molecule has 3 heterocycles. The minimum absolute atomic E-state index is 0.129. The molecule has 2 bridgehead atoms. The lowest BCUT2D eigenvalue weighted by Gasteiger charge is -2.40. The van der Waals surface area contributed by atoms with E-state index in [4.69, 9.17) is 4.42 Å². The minimum Gasteiger partial charge on any atom is -0.424 e.